The first-order valence-corrected chi connectivity index (χ1v) is 7.45. The fourth-order valence-corrected chi connectivity index (χ4v) is 2.94. The number of hydrogen-bond donors (Lipinski definition) is 1. The molecule has 1 atom stereocenters. The highest BCUT2D eigenvalue weighted by Crippen LogP contribution is 2.24. The molecule has 104 valence electrons. The van der Waals surface area contributed by atoms with Crippen molar-refractivity contribution in [3.63, 3.8) is 0 Å². The lowest BCUT2D eigenvalue weighted by Crippen LogP contribution is -2.41. The number of nitrogens with zero attached hydrogens (tertiary/aromatic N) is 2. The zero-order chi connectivity index (χ0) is 13.8. The topological polar surface area (TPSA) is 63.5 Å². The maximum atomic E-state index is 11.9. The largest absolute Gasteiger partial charge is 0.344 e. The third-order valence-electron chi connectivity index (χ3n) is 3.42. The van der Waals surface area contributed by atoms with Crippen LogP contribution in [0, 0.1) is 5.92 Å². The highest BCUT2D eigenvalue weighted by atomic mass is 32.1. The molecule has 0 saturated heterocycles. The minimum absolute atomic E-state index is 0.0101. The standard InChI is InChI=1S/C13H19N3O2S/c1-9(14-12(18)10-5-3-4-6-10)11(17)15-13-16(2)7-8-19-13/h7-10H,3-6H2,1-2H3,(H,14,18)/t9-/m1/s1. The lowest BCUT2D eigenvalue weighted by atomic mass is 10.1. The summed E-state index contributed by atoms with van der Waals surface area (Å²) in [5.74, 6) is -0.235. The van der Waals surface area contributed by atoms with Gasteiger partial charge in [-0.25, -0.2) is 0 Å². The molecule has 0 unspecified atom stereocenters. The molecule has 0 aliphatic heterocycles. The lowest BCUT2D eigenvalue weighted by Gasteiger charge is -2.13. The highest BCUT2D eigenvalue weighted by molar-refractivity contribution is 7.07. The lowest BCUT2D eigenvalue weighted by molar-refractivity contribution is -0.129. The van der Waals surface area contributed by atoms with Gasteiger partial charge in [0.1, 0.15) is 6.04 Å². The van der Waals surface area contributed by atoms with Gasteiger partial charge in [0.25, 0.3) is 5.91 Å². The quantitative estimate of drug-likeness (QED) is 0.905. The summed E-state index contributed by atoms with van der Waals surface area (Å²) in [6.07, 6.45) is 5.93. The third kappa shape index (κ3) is 3.53. The highest BCUT2D eigenvalue weighted by Gasteiger charge is 2.25. The van der Waals surface area contributed by atoms with Gasteiger partial charge in [-0.2, -0.15) is 4.99 Å². The van der Waals surface area contributed by atoms with Gasteiger partial charge in [-0.3, -0.25) is 9.59 Å². The van der Waals surface area contributed by atoms with Crippen LogP contribution in [0.4, 0.5) is 0 Å². The summed E-state index contributed by atoms with van der Waals surface area (Å²) < 4.78 is 1.79. The Balaban J connectivity index is 1.96. The molecule has 1 aliphatic carbocycles. The number of thiazole rings is 1. The van der Waals surface area contributed by atoms with Crippen LogP contribution >= 0.6 is 11.3 Å². The third-order valence-corrected chi connectivity index (χ3v) is 4.27. The van der Waals surface area contributed by atoms with Crippen LogP contribution in [-0.2, 0) is 16.6 Å². The van der Waals surface area contributed by atoms with Crippen molar-refractivity contribution in [3.05, 3.63) is 16.4 Å². The average molecular weight is 281 g/mol. The van der Waals surface area contributed by atoms with Gasteiger partial charge in [-0.1, -0.05) is 12.8 Å². The Morgan fingerprint density at radius 1 is 1.47 bits per heavy atom. The summed E-state index contributed by atoms with van der Waals surface area (Å²) in [7, 11) is 1.84. The van der Waals surface area contributed by atoms with Gasteiger partial charge in [0, 0.05) is 24.5 Å². The van der Waals surface area contributed by atoms with Crippen molar-refractivity contribution in [2.75, 3.05) is 0 Å². The van der Waals surface area contributed by atoms with E-state index in [0.29, 0.717) is 4.80 Å². The SMILES string of the molecule is C[C@@H](NC(=O)C1CCCC1)C(=O)N=c1sccn1C. The van der Waals surface area contributed by atoms with E-state index in [1.54, 1.807) is 11.5 Å². The molecule has 6 heteroatoms. The Bertz CT molecular complexity index is 526. The van der Waals surface area contributed by atoms with Gasteiger partial charge in [0.15, 0.2) is 4.80 Å². The smallest absolute Gasteiger partial charge is 0.270 e. The van der Waals surface area contributed by atoms with E-state index < -0.39 is 6.04 Å². The van der Waals surface area contributed by atoms with E-state index >= 15 is 0 Å². The molecule has 1 fully saturated rings. The van der Waals surface area contributed by atoms with Crippen molar-refractivity contribution in [2.24, 2.45) is 18.0 Å². The fraction of sp³-hybridized carbons (Fsp3) is 0.615. The molecular formula is C13H19N3O2S. The van der Waals surface area contributed by atoms with Gasteiger partial charge in [-0.15, -0.1) is 11.3 Å². The van der Waals surface area contributed by atoms with Crippen LogP contribution in [0.15, 0.2) is 16.6 Å². The molecule has 2 rings (SSSR count). The monoisotopic (exact) mass is 281 g/mol. The van der Waals surface area contributed by atoms with Crippen LogP contribution in [0.1, 0.15) is 32.6 Å². The van der Waals surface area contributed by atoms with E-state index in [-0.39, 0.29) is 17.7 Å². The van der Waals surface area contributed by atoms with Crippen LogP contribution in [0.25, 0.3) is 0 Å². The zero-order valence-electron chi connectivity index (χ0n) is 11.3. The molecule has 1 aliphatic rings. The van der Waals surface area contributed by atoms with Crippen molar-refractivity contribution >= 4 is 23.2 Å². The second-order valence-corrected chi connectivity index (χ2v) is 5.83. The number of nitrogens with one attached hydrogen (secondary N) is 1. The van der Waals surface area contributed by atoms with Crippen LogP contribution in [0.3, 0.4) is 0 Å². The normalized spacial score (nSPS) is 18.5. The van der Waals surface area contributed by atoms with E-state index in [1.165, 1.54) is 11.3 Å². The van der Waals surface area contributed by atoms with Crippen molar-refractivity contribution in [1.82, 2.24) is 9.88 Å². The Labute approximate surface area is 116 Å². The van der Waals surface area contributed by atoms with E-state index in [2.05, 4.69) is 10.3 Å². The van der Waals surface area contributed by atoms with E-state index in [1.807, 2.05) is 18.6 Å². The first kappa shape index (κ1) is 14.0. The van der Waals surface area contributed by atoms with Gasteiger partial charge in [0.2, 0.25) is 5.91 Å². The fourth-order valence-electron chi connectivity index (χ4n) is 2.21. The molecular weight excluding hydrogens is 262 g/mol. The average Bonchev–Trinajstić information content (AvgIpc) is 3.01. The minimum Gasteiger partial charge on any atom is -0.344 e. The molecule has 0 aromatic carbocycles. The molecule has 1 aromatic rings. The summed E-state index contributed by atoms with van der Waals surface area (Å²) in [6.45, 7) is 1.69. The molecule has 0 bridgehead atoms. The van der Waals surface area contributed by atoms with Crippen LogP contribution < -0.4 is 10.1 Å². The van der Waals surface area contributed by atoms with Crippen molar-refractivity contribution in [2.45, 2.75) is 38.6 Å². The van der Waals surface area contributed by atoms with Gasteiger partial charge in [-0.05, 0) is 19.8 Å². The molecule has 0 spiro atoms. The molecule has 1 saturated carbocycles. The molecule has 2 amide bonds. The molecule has 1 aromatic heterocycles. The second-order valence-electron chi connectivity index (χ2n) is 4.96. The van der Waals surface area contributed by atoms with Gasteiger partial charge in [0.05, 0.1) is 0 Å². The maximum Gasteiger partial charge on any atom is 0.270 e. The summed E-state index contributed by atoms with van der Waals surface area (Å²) in [6, 6.07) is -0.560. The van der Waals surface area contributed by atoms with E-state index in [0.717, 1.165) is 25.7 Å². The van der Waals surface area contributed by atoms with Crippen LogP contribution in [0.5, 0.6) is 0 Å². The Kier molecular flexibility index (Phi) is 4.52. The van der Waals surface area contributed by atoms with Crippen LogP contribution in [-0.4, -0.2) is 22.4 Å². The maximum absolute atomic E-state index is 11.9. The second kappa shape index (κ2) is 6.14. The first-order chi connectivity index (χ1) is 9.08. The summed E-state index contributed by atoms with van der Waals surface area (Å²) in [4.78, 5) is 28.5. The number of carbonyl (C=O) groups is 2. The minimum atomic E-state index is -0.560. The number of amides is 2. The number of rotatable bonds is 3. The van der Waals surface area contributed by atoms with Gasteiger partial charge >= 0.3 is 0 Å². The van der Waals surface area contributed by atoms with E-state index in [4.69, 9.17) is 0 Å². The Morgan fingerprint density at radius 2 is 2.16 bits per heavy atom. The van der Waals surface area contributed by atoms with Crippen molar-refractivity contribution < 1.29 is 9.59 Å². The summed E-state index contributed by atoms with van der Waals surface area (Å²) in [5.41, 5.74) is 0. The summed E-state index contributed by atoms with van der Waals surface area (Å²) >= 11 is 1.40. The van der Waals surface area contributed by atoms with Crippen molar-refractivity contribution in [3.8, 4) is 0 Å². The zero-order valence-corrected chi connectivity index (χ0v) is 12.1. The van der Waals surface area contributed by atoms with Crippen LogP contribution in [0.2, 0.25) is 0 Å². The predicted molar refractivity (Wildman–Crippen MR) is 73.4 cm³/mol. The van der Waals surface area contributed by atoms with Crippen molar-refractivity contribution in [1.29, 1.82) is 0 Å². The number of aromatic nitrogens is 1. The number of carbonyl (C=O) groups excluding carboxylic acids is 2. The Morgan fingerprint density at radius 3 is 2.74 bits per heavy atom. The molecule has 1 heterocycles. The molecule has 19 heavy (non-hydrogen) atoms. The Hall–Kier alpha value is -1.43. The predicted octanol–water partition coefficient (Wildman–Crippen LogP) is 1.21. The van der Waals surface area contributed by atoms with E-state index in [9.17, 15) is 9.59 Å². The first-order valence-electron chi connectivity index (χ1n) is 6.57. The summed E-state index contributed by atoms with van der Waals surface area (Å²) in [5, 5.41) is 4.64. The van der Waals surface area contributed by atoms with Gasteiger partial charge < -0.3 is 9.88 Å². The molecule has 5 nitrogen and oxygen atoms in total. The number of aryl methyl sites for hydroxylation is 1. The number of hydrogen-bond acceptors (Lipinski definition) is 3. The molecule has 1 N–H and O–H groups in total. The molecule has 0 radical (unpaired) electrons.